The van der Waals surface area contributed by atoms with E-state index in [1.54, 1.807) is 12.1 Å². The van der Waals surface area contributed by atoms with E-state index in [4.69, 9.17) is 0 Å². The van der Waals surface area contributed by atoms with Crippen molar-refractivity contribution in [3.05, 3.63) is 28.5 Å². The van der Waals surface area contributed by atoms with Crippen LogP contribution < -0.4 is 5.32 Å². The van der Waals surface area contributed by atoms with Crippen molar-refractivity contribution in [1.29, 1.82) is 0 Å². The molecule has 0 saturated carbocycles. The van der Waals surface area contributed by atoms with Gasteiger partial charge in [0.15, 0.2) is 0 Å². The number of hydrogen-bond acceptors (Lipinski definition) is 1. The minimum Gasteiger partial charge on any atom is -0.323 e. The molecular formula is C11H13BrFNO. The Morgan fingerprint density at radius 1 is 1.60 bits per heavy atom. The summed E-state index contributed by atoms with van der Waals surface area (Å²) < 4.78 is 14.0. The SMILES string of the molecule is CC[C@@H](C)C(=O)Nc1ccc(Br)cc1F. The van der Waals surface area contributed by atoms with Crippen molar-refractivity contribution in [3.8, 4) is 0 Å². The summed E-state index contributed by atoms with van der Waals surface area (Å²) in [5, 5.41) is 2.55. The topological polar surface area (TPSA) is 29.1 Å². The van der Waals surface area contributed by atoms with Crippen LogP contribution in [0.15, 0.2) is 22.7 Å². The number of carbonyl (C=O) groups excluding carboxylic acids is 1. The van der Waals surface area contributed by atoms with E-state index in [1.165, 1.54) is 6.07 Å². The fraction of sp³-hybridized carbons (Fsp3) is 0.364. The molecule has 0 aliphatic rings. The lowest BCUT2D eigenvalue weighted by Crippen LogP contribution is -2.20. The smallest absolute Gasteiger partial charge is 0.227 e. The molecule has 0 aromatic heterocycles. The molecular weight excluding hydrogens is 261 g/mol. The first kappa shape index (κ1) is 12.2. The molecule has 4 heteroatoms. The van der Waals surface area contributed by atoms with Gasteiger partial charge in [-0.1, -0.05) is 29.8 Å². The van der Waals surface area contributed by atoms with Gasteiger partial charge in [0.1, 0.15) is 5.82 Å². The van der Waals surface area contributed by atoms with Gasteiger partial charge in [-0.05, 0) is 24.6 Å². The van der Waals surface area contributed by atoms with Crippen molar-refractivity contribution in [2.75, 3.05) is 5.32 Å². The van der Waals surface area contributed by atoms with Crippen LogP contribution in [0.25, 0.3) is 0 Å². The molecule has 0 aliphatic carbocycles. The van der Waals surface area contributed by atoms with Crippen LogP contribution in [0, 0.1) is 11.7 Å². The maximum absolute atomic E-state index is 13.3. The van der Waals surface area contributed by atoms with Gasteiger partial charge >= 0.3 is 0 Å². The Bertz CT molecular complexity index is 368. The van der Waals surface area contributed by atoms with Crippen molar-refractivity contribution in [1.82, 2.24) is 0 Å². The van der Waals surface area contributed by atoms with Crippen LogP contribution in [0.3, 0.4) is 0 Å². The van der Waals surface area contributed by atoms with E-state index < -0.39 is 5.82 Å². The summed E-state index contributed by atoms with van der Waals surface area (Å²) in [6.07, 6.45) is 0.740. The molecule has 0 spiro atoms. The lowest BCUT2D eigenvalue weighted by atomic mass is 10.1. The van der Waals surface area contributed by atoms with Crippen LogP contribution in [0.1, 0.15) is 20.3 Å². The van der Waals surface area contributed by atoms with Gasteiger partial charge in [-0.3, -0.25) is 4.79 Å². The lowest BCUT2D eigenvalue weighted by Gasteiger charge is -2.10. The van der Waals surface area contributed by atoms with Crippen LogP contribution in [0.5, 0.6) is 0 Å². The summed E-state index contributed by atoms with van der Waals surface area (Å²) in [5.41, 5.74) is 0.225. The Morgan fingerprint density at radius 2 is 2.27 bits per heavy atom. The van der Waals surface area contributed by atoms with Crippen LogP contribution in [0.4, 0.5) is 10.1 Å². The van der Waals surface area contributed by atoms with Crippen molar-refractivity contribution in [2.24, 2.45) is 5.92 Å². The Hall–Kier alpha value is -0.900. The van der Waals surface area contributed by atoms with Crippen molar-refractivity contribution < 1.29 is 9.18 Å². The Labute approximate surface area is 97.0 Å². The Morgan fingerprint density at radius 3 is 2.80 bits per heavy atom. The second kappa shape index (κ2) is 5.26. The molecule has 1 amide bonds. The third kappa shape index (κ3) is 3.30. The summed E-state index contributed by atoms with van der Waals surface area (Å²) in [4.78, 5) is 11.5. The number of benzene rings is 1. The van der Waals surface area contributed by atoms with E-state index in [2.05, 4.69) is 21.2 Å². The predicted molar refractivity (Wildman–Crippen MR) is 62.2 cm³/mol. The highest BCUT2D eigenvalue weighted by atomic mass is 79.9. The van der Waals surface area contributed by atoms with E-state index in [0.29, 0.717) is 4.47 Å². The van der Waals surface area contributed by atoms with Crippen molar-refractivity contribution >= 4 is 27.5 Å². The number of rotatable bonds is 3. The van der Waals surface area contributed by atoms with E-state index >= 15 is 0 Å². The molecule has 0 aliphatic heterocycles. The minimum absolute atomic E-state index is 0.104. The van der Waals surface area contributed by atoms with Crippen molar-refractivity contribution in [3.63, 3.8) is 0 Å². The predicted octanol–water partition coefficient (Wildman–Crippen LogP) is 3.57. The van der Waals surface area contributed by atoms with Gasteiger partial charge in [0.25, 0.3) is 0 Å². The first-order chi connectivity index (χ1) is 7.04. The largest absolute Gasteiger partial charge is 0.323 e. The molecule has 1 atom stereocenters. The van der Waals surface area contributed by atoms with Crippen molar-refractivity contribution in [2.45, 2.75) is 20.3 Å². The molecule has 0 bridgehead atoms. The van der Waals surface area contributed by atoms with Gasteiger partial charge < -0.3 is 5.32 Å². The van der Waals surface area contributed by atoms with E-state index in [0.717, 1.165) is 6.42 Å². The highest BCUT2D eigenvalue weighted by molar-refractivity contribution is 9.10. The monoisotopic (exact) mass is 273 g/mol. The first-order valence-electron chi connectivity index (χ1n) is 4.80. The summed E-state index contributed by atoms with van der Waals surface area (Å²) in [6, 6.07) is 4.56. The molecule has 0 unspecified atom stereocenters. The zero-order valence-corrected chi connectivity index (χ0v) is 10.3. The third-order valence-electron chi connectivity index (χ3n) is 2.25. The van der Waals surface area contributed by atoms with Gasteiger partial charge in [0, 0.05) is 10.4 Å². The zero-order chi connectivity index (χ0) is 11.4. The van der Waals surface area contributed by atoms with Gasteiger partial charge in [0.2, 0.25) is 5.91 Å². The molecule has 0 fully saturated rings. The van der Waals surface area contributed by atoms with Gasteiger partial charge in [-0.25, -0.2) is 4.39 Å². The molecule has 1 aromatic rings. The highest BCUT2D eigenvalue weighted by Crippen LogP contribution is 2.20. The summed E-state index contributed by atoms with van der Waals surface area (Å²) in [7, 11) is 0. The molecule has 0 radical (unpaired) electrons. The van der Waals surface area contributed by atoms with Gasteiger partial charge in [-0.15, -0.1) is 0 Å². The molecule has 15 heavy (non-hydrogen) atoms. The average Bonchev–Trinajstić information content (AvgIpc) is 2.20. The number of nitrogens with one attached hydrogen (secondary N) is 1. The standard InChI is InChI=1S/C11H13BrFNO/c1-3-7(2)11(15)14-10-5-4-8(12)6-9(10)13/h4-7H,3H2,1-2H3,(H,14,15)/t7-/m1/s1. The van der Waals surface area contributed by atoms with Crippen LogP contribution >= 0.6 is 15.9 Å². The first-order valence-corrected chi connectivity index (χ1v) is 5.59. The van der Waals surface area contributed by atoms with Crippen LogP contribution in [-0.2, 0) is 4.79 Å². The van der Waals surface area contributed by atoms with E-state index in [1.807, 2.05) is 13.8 Å². The molecule has 0 heterocycles. The summed E-state index contributed by atoms with van der Waals surface area (Å²) >= 11 is 3.15. The van der Waals surface area contributed by atoms with Crippen LogP contribution in [0.2, 0.25) is 0 Å². The number of halogens is 2. The number of amides is 1. The highest BCUT2D eigenvalue weighted by Gasteiger charge is 2.12. The van der Waals surface area contributed by atoms with Gasteiger partial charge in [0.05, 0.1) is 5.69 Å². The number of carbonyl (C=O) groups is 1. The van der Waals surface area contributed by atoms with E-state index in [-0.39, 0.29) is 17.5 Å². The maximum Gasteiger partial charge on any atom is 0.227 e. The molecule has 1 aromatic carbocycles. The maximum atomic E-state index is 13.3. The quantitative estimate of drug-likeness (QED) is 0.896. The summed E-state index contributed by atoms with van der Waals surface area (Å²) in [6.45, 7) is 3.73. The molecule has 82 valence electrons. The fourth-order valence-electron chi connectivity index (χ4n) is 1.03. The molecule has 1 N–H and O–H groups in total. The molecule has 0 saturated heterocycles. The summed E-state index contributed by atoms with van der Waals surface area (Å²) in [5.74, 6) is -0.687. The normalized spacial score (nSPS) is 12.3. The number of hydrogen-bond donors (Lipinski definition) is 1. The fourth-order valence-corrected chi connectivity index (χ4v) is 1.37. The average molecular weight is 274 g/mol. The second-order valence-corrected chi connectivity index (χ2v) is 4.34. The van der Waals surface area contributed by atoms with Crippen LogP contribution in [-0.4, -0.2) is 5.91 Å². The lowest BCUT2D eigenvalue weighted by molar-refractivity contribution is -0.119. The Balaban J connectivity index is 2.77. The molecule has 2 nitrogen and oxygen atoms in total. The second-order valence-electron chi connectivity index (χ2n) is 3.42. The van der Waals surface area contributed by atoms with E-state index in [9.17, 15) is 9.18 Å². The third-order valence-corrected chi connectivity index (χ3v) is 2.74. The number of anilines is 1. The Kier molecular flexibility index (Phi) is 4.27. The molecule has 1 rings (SSSR count). The minimum atomic E-state index is -0.430. The van der Waals surface area contributed by atoms with Gasteiger partial charge in [-0.2, -0.15) is 0 Å². The zero-order valence-electron chi connectivity index (χ0n) is 8.68.